The maximum Gasteiger partial charge on any atom is 0.251 e. The van der Waals surface area contributed by atoms with Gasteiger partial charge in [-0.25, -0.2) is 0 Å². The smallest absolute Gasteiger partial charge is 0.251 e. The first-order valence-electron chi connectivity index (χ1n) is 10.3. The number of rotatable bonds is 9. The van der Waals surface area contributed by atoms with Crippen LogP contribution in [-0.2, 0) is 6.54 Å². The predicted molar refractivity (Wildman–Crippen MR) is 123 cm³/mol. The highest BCUT2D eigenvalue weighted by Gasteiger charge is 2.24. The average Bonchev–Trinajstić information content (AvgIpc) is 3.15. The van der Waals surface area contributed by atoms with Crippen molar-refractivity contribution >= 4 is 29.1 Å². The van der Waals surface area contributed by atoms with Crippen LogP contribution in [0.1, 0.15) is 28.8 Å². The van der Waals surface area contributed by atoms with Crippen LogP contribution in [0.5, 0.6) is 5.75 Å². The first-order chi connectivity index (χ1) is 14.4. The van der Waals surface area contributed by atoms with E-state index in [2.05, 4.69) is 41.3 Å². The normalized spacial score (nSPS) is 16.8. The van der Waals surface area contributed by atoms with E-state index in [0.717, 1.165) is 51.4 Å². The third-order valence-corrected chi connectivity index (χ3v) is 5.88. The van der Waals surface area contributed by atoms with Gasteiger partial charge in [0.1, 0.15) is 5.75 Å². The summed E-state index contributed by atoms with van der Waals surface area (Å²) in [6, 6.07) is 13.4. The summed E-state index contributed by atoms with van der Waals surface area (Å²) in [5.74, 6) is 0.793. The second-order valence-electron chi connectivity index (χ2n) is 7.97. The van der Waals surface area contributed by atoms with Gasteiger partial charge in [-0.05, 0) is 62.8 Å². The number of ether oxygens (including phenoxy) is 1. The van der Waals surface area contributed by atoms with Gasteiger partial charge in [0.25, 0.3) is 5.91 Å². The van der Waals surface area contributed by atoms with E-state index in [-0.39, 0.29) is 11.9 Å². The summed E-state index contributed by atoms with van der Waals surface area (Å²) in [5.41, 5.74) is 1.77. The Hall–Kier alpha value is -1.79. The number of likely N-dealkylation sites (tertiary alicyclic amines) is 1. The fraction of sp³-hybridized carbons (Fsp3) is 0.435. The minimum Gasteiger partial charge on any atom is -0.494 e. The molecule has 3 rings (SSSR count). The van der Waals surface area contributed by atoms with Gasteiger partial charge in [0, 0.05) is 37.8 Å². The first kappa shape index (κ1) is 22.9. The minimum absolute atomic E-state index is 0.115. The number of nitrogens with zero attached hydrogens (tertiary/aromatic N) is 2. The van der Waals surface area contributed by atoms with Gasteiger partial charge in [-0.2, -0.15) is 0 Å². The van der Waals surface area contributed by atoms with Gasteiger partial charge in [-0.3, -0.25) is 9.69 Å². The molecular weight excluding hydrogens is 421 g/mol. The monoisotopic (exact) mass is 449 g/mol. The van der Waals surface area contributed by atoms with Crippen LogP contribution in [0.25, 0.3) is 0 Å². The molecule has 162 valence electrons. The molecule has 1 aliphatic rings. The Kier molecular flexibility index (Phi) is 8.40. The molecule has 0 aliphatic carbocycles. The fourth-order valence-electron chi connectivity index (χ4n) is 3.52. The summed E-state index contributed by atoms with van der Waals surface area (Å²) in [6.07, 6.45) is 1.94. The summed E-state index contributed by atoms with van der Waals surface area (Å²) in [7, 11) is 4.13. The highest BCUT2D eigenvalue weighted by atomic mass is 35.5. The molecule has 0 spiro atoms. The molecule has 5 nitrogen and oxygen atoms in total. The number of carbonyl (C=O) groups excluding carboxylic acids is 1. The minimum atomic E-state index is -0.115. The molecule has 1 heterocycles. The zero-order valence-electron chi connectivity index (χ0n) is 17.5. The molecule has 0 radical (unpaired) electrons. The zero-order valence-corrected chi connectivity index (χ0v) is 19.0. The molecule has 1 fully saturated rings. The van der Waals surface area contributed by atoms with E-state index in [0.29, 0.717) is 15.6 Å². The summed E-state index contributed by atoms with van der Waals surface area (Å²) in [5, 5.41) is 3.94. The lowest BCUT2D eigenvalue weighted by molar-refractivity contribution is 0.0937. The van der Waals surface area contributed by atoms with Crippen molar-refractivity contribution in [2.75, 3.05) is 40.3 Å². The summed E-state index contributed by atoms with van der Waals surface area (Å²) in [6.45, 7) is 4.39. The SMILES string of the molecule is CN(C)CCCOc1ccc(CN2CC[C@@H](NC(=O)c3ccc(Cl)c(Cl)c3)C2)cc1. The lowest BCUT2D eigenvalue weighted by Gasteiger charge is -2.17. The molecule has 1 saturated heterocycles. The molecule has 2 aromatic rings. The maximum atomic E-state index is 12.5. The Morgan fingerprint density at radius 2 is 1.93 bits per heavy atom. The molecule has 1 aliphatic heterocycles. The van der Waals surface area contributed by atoms with E-state index < -0.39 is 0 Å². The van der Waals surface area contributed by atoms with Crippen molar-refractivity contribution in [1.82, 2.24) is 15.1 Å². The number of carbonyl (C=O) groups is 1. The second kappa shape index (κ2) is 11.0. The van der Waals surface area contributed by atoms with Crippen LogP contribution >= 0.6 is 23.2 Å². The van der Waals surface area contributed by atoms with Crippen molar-refractivity contribution in [3.63, 3.8) is 0 Å². The lowest BCUT2D eigenvalue weighted by Crippen LogP contribution is -2.37. The lowest BCUT2D eigenvalue weighted by atomic mass is 10.2. The van der Waals surface area contributed by atoms with Crippen LogP contribution < -0.4 is 10.1 Å². The molecule has 0 unspecified atom stereocenters. The molecule has 7 heteroatoms. The van der Waals surface area contributed by atoms with E-state index in [1.54, 1.807) is 18.2 Å². The fourth-order valence-corrected chi connectivity index (χ4v) is 3.82. The number of halogens is 2. The van der Waals surface area contributed by atoms with Crippen LogP contribution in [0.15, 0.2) is 42.5 Å². The number of hydrogen-bond donors (Lipinski definition) is 1. The molecule has 30 heavy (non-hydrogen) atoms. The third kappa shape index (κ3) is 6.88. The molecule has 1 amide bonds. The van der Waals surface area contributed by atoms with Gasteiger partial charge >= 0.3 is 0 Å². The van der Waals surface area contributed by atoms with E-state index in [1.165, 1.54) is 5.56 Å². The van der Waals surface area contributed by atoms with Crippen LogP contribution in [-0.4, -0.2) is 62.1 Å². The summed E-state index contributed by atoms with van der Waals surface area (Å²) in [4.78, 5) is 17.0. The average molecular weight is 450 g/mol. The van der Waals surface area contributed by atoms with Crippen molar-refractivity contribution in [2.24, 2.45) is 0 Å². The number of nitrogens with one attached hydrogen (secondary N) is 1. The molecular formula is C23H29Cl2N3O2. The number of hydrogen-bond acceptors (Lipinski definition) is 4. The topological polar surface area (TPSA) is 44.8 Å². The van der Waals surface area contributed by atoms with E-state index in [4.69, 9.17) is 27.9 Å². The first-order valence-corrected chi connectivity index (χ1v) is 11.0. The van der Waals surface area contributed by atoms with Crippen molar-refractivity contribution < 1.29 is 9.53 Å². The van der Waals surface area contributed by atoms with Crippen molar-refractivity contribution in [1.29, 1.82) is 0 Å². The zero-order chi connectivity index (χ0) is 21.5. The van der Waals surface area contributed by atoms with Crippen molar-refractivity contribution in [2.45, 2.75) is 25.4 Å². The molecule has 0 saturated carbocycles. The highest BCUT2D eigenvalue weighted by molar-refractivity contribution is 6.42. The molecule has 0 bridgehead atoms. The Bertz CT molecular complexity index is 843. The van der Waals surface area contributed by atoms with E-state index in [9.17, 15) is 4.79 Å². The Morgan fingerprint density at radius 1 is 1.17 bits per heavy atom. The summed E-state index contributed by atoms with van der Waals surface area (Å²) < 4.78 is 5.79. The van der Waals surface area contributed by atoms with E-state index in [1.807, 2.05) is 12.1 Å². The predicted octanol–water partition coefficient (Wildman–Crippen LogP) is 4.33. The van der Waals surface area contributed by atoms with Crippen molar-refractivity contribution in [3.05, 3.63) is 63.6 Å². The molecule has 0 aromatic heterocycles. The van der Waals surface area contributed by atoms with Crippen LogP contribution in [0.4, 0.5) is 0 Å². The van der Waals surface area contributed by atoms with Crippen LogP contribution in [0, 0.1) is 0 Å². The number of amides is 1. The van der Waals surface area contributed by atoms with Crippen LogP contribution in [0.2, 0.25) is 10.0 Å². The summed E-state index contributed by atoms with van der Waals surface area (Å²) >= 11 is 11.9. The van der Waals surface area contributed by atoms with Gasteiger partial charge in [0.15, 0.2) is 0 Å². The van der Waals surface area contributed by atoms with Crippen molar-refractivity contribution in [3.8, 4) is 5.75 Å². The second-order valence-corrected chi connectivity index (χ2v) is 8.79. The van der Waals surface area contributed by atoms with Crippen LogP contribution in [0.3, 0.4) is 0 Å². The van der Waals surface area contributed by atoms with Gasteiger partial charge in [-0.1, -0.05) is 35.3 Å². The molecule has 1 atom stereocenters. The standard InChI is InChI=1S/C23H29Cl2N3O2/c1-27(2)11-3-13-30-20-7-4-17(5-8-20)15-28-12-10-19(16-28)26-23(29)18-6-9-21(24)22(25)14-18/h4-9,14,19H,3,10-13,15-16H2,1-2H3,(H,26,29)/t19-/m1/s1. The quantitative estimate of drug-likeness (QED) is 0.578. The molecule has 2 aromatic carbocycles. The third-order valence-electron chi connectivity index (χ3n) is 5.14. The van der Waals surface area contributed by atoms with Gasteiger partial charge in [0.05, 0.1) is 16.7 Å². The number of benzene rings is 2. The van der Waals surface area contributed by atoms with E-state index >= 15 is 0 Å². The largest absolute Gasteiger partial charge is 0.494 e. The van der Waals surface area contributed by atoms with Gasteiger partial charge < -0.3 is 15.0 Å². The Morgan fingerprint density at radius 3 is 2.63 bits per heavy atom. The van der Waals surface area contributed by atoms with Gasteiger partial charge in [0.2, 0.25) is 0 Å². The molecule has 1 N–H and O–H groups in total. The maximum absolute atomic E-state index is 12.5. The highest BCUT2D eigenvalue weighted by Crippen LogP contribution is 2.23. The Labute approximate surface area is 188 Å². The van der Waals surface area contributed by atoms with Gasteiger partial charge in [-0.15, -0.1) is 0 Å². The Balaban J connectivity index is 1.43.